The van der Waals surface area contributed by atoms with Crippen LogP contribution >= 0.6 is 0 Å². The summed E-state index contributed by atoms with van der Waals surface area (Å²) in [6, 6.07) is 3.45. The van der Waals surface area contributed by atoms with Gasteiger partial charge in [0.15, 0.2) is 0 Å². The number of aromatic nitrogens is 2. The van der Waals surface area contributed by atoms with Crippen LogP contribution in [0.5, 0.6) is 0 Å². The maximum absolute atomic E-state index is 12.0. The van der Waals surface area contributed by atoms with Gasteiger partial charge in [0, 0.05) is 11.9 Å². The molecule has 6 nitrogen and oxygen atoms in total. The van der Waals surface area contributed by atoms with E-state index < -0.39 is 10.0 Å². The van der Waals surface area contributed by atoms with Crippen LogP contribution in [0.1, 0.15) is 11.1 Å². The largest absolute Gasteiger partial charge is 0.398 e. The van der Waals surface area contributed by atoms with Gasteiger partial charge in [-0.05, 0) is 31.0 Å². The number of anilines is 2. The van der Waals surface area contributed by atoms with Crippen LogP contribution < -0.4 is 10.5 Å². The van der Waals surface area contributed by atoms with Crippen LogP contribution in [0.3, 0.4) is 0 Å². The number of nitrogens with two attached hydrogens (primary N) is 1. The van der Waals surface area contributed by atoms with E-state index in [1.165, 1.54) is 12.4 Å². The summed E-state index contributed by atoms with van der Waals surface area (Å²) in [6.07, 6.45) is 2.56. The monoisotopic (exact) mass is 266 g/mol. The molecule has 4 N–H and O–H groups in total. The molecule has 7 heteroatoms. The van der Waals surface area contributed by atoms with Gasteiger partial charge < -0.3 is 5.73 Å². The van der Waals surface area contributed by atoms with Gasteiger partial charge >= 0.3 is 0 Å². The van der Waals surface area contributed by atoms with Gasteiger partial charge in [-0.2, -0.15) is 5.10 Å². The number of nitrogens with one attached hydrogen (secondary N) is 2. The number of hydrogen-bond donors (Lipinski definition) is 3. The minimum Gasteiger partial charge on any atom is -0.398 e. The fraction of sp³-hybridized carbons (Fsp3) is 0.182. The summed E-state index contributed by atoms with van der Waals surface area (Å²) in [5.41, 5.74) is 8.52. The first-order valence-electron chi connectivity index (χ1n) is 5.28. The standard InChI is InChI=1S/C11H14N4O2S/c1-7-3-8(2)11(4-10(7)12)15-18(16,17)9-5-13-14-6-9/h3-6,15H,12H2,1-2H3,(H,13,14). The number of nitrogen functional groups attached to an aromatic ring is 1. The van der Waals surface area contributed by atoms with E-state index in [0.29, 0.717) is 11.4 Å². The van der Waals surface area contributed by atoms with Crippen molar-refractivity contribution in [2.24, 2.45) is 0 Å². The van der Waals surface area contributed by atoms with Crippen LogP contribution in [0.4, 0.5) is 11.4 Å². The summed E-state index contributed by atoms with van der Waals surface area (Å²) in [5.74, 6) is 0. The third-order valence-electron chi connectivity index (χ3n) is 2.64. The van der Waals surface area contributed by atoms with Gasteiger partial charge in [-0.25, -0.2) is 8.42 Å². The molecule has 0 saturated heterocycles. The molecular weight excluding hydrogens is 252 g/mol. The second kappa shape index (κ2) is 4.34. The Hall–Kier alpha value is -2.02. The molecule has 0 bridgehead atoms. The lowest BCUT2D eigenvalue weighted by molar-refractivity contribution is 0.601. The quantitative estimate of drug-likeness (QED) is 0.731. The predicted molar refractivity (Wildman–Crippen MR) is 69.7 cm³/mol. The number of H-pyrrole nitrogens is 1. The molecule has 0 saturated carbocycles. The Balaban J connectivity index is 2.39. The van der Waals surface area contributed by atoms with Crippen LogP contribution in [0.2, 0.25) is 0 Å². The maximum Gasteiger partial charge on any atom is 0.265 e. The van der Waals surface area contributed by atoms with Gasteiger partial charge in [0.25, 0.3) is 10.0 Å². The molecule has 1 aromatic heterocycles. The Morgan fingerprint density at radius 1 is 1.28 bits per heavy atom. The van der Waals surface area contributed by atoms with Gasteiger partial charge in [0.2, 0.25) is 0 Å². The van der Waals surface area contributed by atoms with Gasteiger partial charge in [-0.1, -0.05) is 6.07 Å². The van der Waals surface area contributed by atoms with Crippen LogP contribution in [0.25, 0.3) is 0 Å². The molecule has 18 heavy (non-hydrogen) atoms. The lowest BCUT2D eigenvalue weighted by Gasteiger charge is -2.11. The highest BCUT2D eigenvalue weighted by Gasteiger charge is 2.16. The van der Waals surface area contributed by atoms with Crippen LogP contribution in [0, 0.1) is 13.8 Å². The van der Waals surface area contributed by atoms with Gasteiger partial charge in [-0.15, -0.1) is 0 Å². The fourth-order valence-corrected chi connectivity index (χ4v) is 2.60. The number of nitrogens with zero attached hydrogens (tertiary/aromatic N) is 1. The summed E-state index contributed by atoms with van der Waals surface area (Å²) in [7, 11) is -3.62. The highest BCUT2D eigenvalue weighted by Crippen LogP contribution is 2.24. The number of aromatic amines is 1. The lowest BCUT2D eigenvalue weighted by Crippen LogP contribution is -2.13. The second-order valence-electron chi connectivity index (χ2n) is 4.06. The summed E-state index contributed by atoms with van der Waals surface area (Å²) >= 11 is 0. The number of rotatable bonds is 3. The zero-order valence-electron chi connectivity index (χ0n) is 10.1. The molecule has 0 aliphatic heterocycles. The first-order valence-corrected chi connectivity index (χ1v) is 6.77. The predicted octanol–water partition coefficient (Wildman–Crippen LogP) is 1.41. The Kier molecular flexibility index (Phi) is 3.00. The third-order valence-corrected chi connectivity index (χ3v) is 3.97. The topological polar surface area (TPSA) is 101 Å². The van der Waals surface area contributed by atoms with Crippen molar-refractivity contribution >= 4 is 21.4 Å². The summed E-state index contributed by atoms with van der Waals surface area (Å²) in [5, 5.41) is 6.08. The normalized spacial score (nSPS) is 11.4. The SMILES string of the molecule is Cc1cc(C)c(NS(=O)(=O)c2cn[nH]c2)cc1N. The molecule has 0 radical (unpaired) electrons. The smallest absolute Gasteiger partial charge is 0.265 e. The molecule has 0 amide bonds. The molecule has 96 valence electrons. The molecule has 0 aliphatic rings. The van der Waals surface area contributed by atoms with Crippen molar-refractivity contribution in [3.63, 3.8) is 0 Å². The second-order valence-corrected chi connectivity index (χ2v) is 5.75. The molecule has 2 aromatic rings. The van der Waals surface area contributed by atoms with E-state index in [2.05, 4.69) is 14.9 Å². The van der Waals surface area contributed by atoms with E-state index in [9.17, 15) is 8.42 Å². The molecule has 1 aromatic carbocycles. The van der Waals surface area contributed by atoms with Crippen molar-refractivity contribution in [3.05, 3.63) is 35.7 Å². The molecule has 0 unspecified atom stereocenters. The Labute approximate surface area is 105 Å². The molecule has 0 spiro atoms. The fourth-order valence-electron chi connectivity index (χ4n) is 1.57. The maximum atomic E-state index is 12.0. The molecule has 1 heterocycles. The Morgan fingerprint density at radius 3 is 2.61 bits per heavy atom. The molecule has 0 fully saturated rings. The summed E-state index contributed by atoms with van der Waals surface area (Å²) in [6.45, 7) is 3.69. The van der Waals surface area contributed by atoms with Gasteiger partial charge in [0.1, 0.15) is 4.90 Å². The van der Waals surface area contributed by atoms with Crippen LogP contribution in [-0.2, 0) is 10.0 Å². The molecule has 0 atom stereocenters. The minimum atomic E-state index is -3.62. The number of aryl methyl sites for hydroxylation is 2. The zero-order valence-corrected chi connectivity index (χ0v) is 10.9. The van der Waals surface area contributed by atoms with Gasteiger partial charge in [-0.3, -0.25) is 9.82 Å². The van der Waals surface area contributed by atoms with Crippen molar-refractivity contribution in [1.29, 1.82) is 0 Å². The van der Waals surface area contributed by atoms with E-state index >= 15 is 0 Å². The first kappa shape index (κ1) is 12.4. The van der Waals surface area contributed by atoms with E-state index in [-0.39, 0.29) is 4.90 Å². The third kappa shape index (κ3) is 2.30. The summed E-state index contributed by atoms with van der Waals surface area (Å²) < 4.78 is 26.5. The molecular formula is C11H14N4O2S. The Bertz CT molecular complexity index is 663. The van der Waals surface area contributed by atoms with Crippen molar-refractivity contribution in [3.8, 4) is 0 Å². The average molecular weight is 266 g/mol. The first-order chi connectivity index (χ1) is 8.40. The van der Waals surface area contributed by atoms with Crippen LogP contribution in [0.15, 0.2) is 29.4 Å². The van der Waals surface area contributed by atoms with Gasteiger partial charge in [0.05, 0.1) is 11.9 Å². The number of hydrogen-bond acceptors (Lipinski definition) is 4. The number of sulfonamides is 1. The minimum absolute atomic E-state index is 0.0843. The molecule has 0 aliphatic carbocycles. The summed E-state index contributed by atoms with van der Waals surface area (Å²) in [4.78, 5) is 0.0843. The van der Waals surface area contributed by atoms with Crippen molar-refractivity contribution < 1.29 is 8.42 Å². The van der Waals surface area contributed by atoms with Crippen molar-refractivity contribution in [2.75, 3.05) is 10.5 Å². The lowest BCUT2D eigenvalue weighted by atomic mass is 10.1. The molecule has 2 rings (SSSR count). The van der Waals surface area contributed by atoms with E-state index in [1.807, 2.05) is 19.9 Å². The zero-order chi connectivity index (χ0) is 13.3. The van der Waals surface area contributed by atoms with E-state index in [4.69, 9.17) is 5.73 Å². The number of benzene rings is 1. The van der Waals surface area contributed by atoms with E-state index in [0.717, 1.165) is 11.1 Å². The highest BCUT2D eigenvalue weighted by molar-refractivity contribution is 7.92. The van der Waals surface area contributed by atoms with Crippen molar-refractivity contribution in [2.45, 2.75) is 18.7 Å². The van der Waals surface area contributed by atoms with E-state index in [1.54, 1.807) is 6.07 Å². The Morgan fingerprint density at radius 2 is 2.00 bits per heavy atom. The van der Waals surface area contributed by atoms with Crippen molar-refractivity contribution in [1.82, 2.24) is 10.2 Å². The van der Waals surface area contributed by atoms with Crippen LogP contribution in [-0.4, -0.2) is 18.6 Å². The average Bonchev–Trinajstić information content (AvgIpc) is 2.79. The highest BCUT2D eigenvalue weighted by atomic mass is 32.2.